The van der Waals surface area contributed by atoms with Gasteiger partial charge in [0.25, 0.3) is 0 Å². The highest BCUT2D eigenvalue weighted by molar-refractivity contribution is 7.98. The fourth-order valence-corrected chi connectivity index (χ4v) is 4.17. The maximum atomic E-state index is 10.7. The Kier molecular flexibility index (Phi) is 7.65. The van der Waals surface area contributed by atoms with Crippen molar-refractivity contribution in [1.82, 2.24) is 0 Å². The molecule has 1 N–H and O–H groups in total. The first kappa shape index (κ1) is 22.5. The van der Waals surface area contributed by atoms with Gasteiger partial charge >= 0.3 is 5.97 Å². The van der Waals surface area contributed by atoms with Crippen LogP contribution in [0.5, 0.6) is 0 Å². The maximum Gasteiger partial charge on any atom is 0.310 e. The van der Waals surface area contributed by atoms with Crippen LogP contribution in [0.4, 0.5) is 0 Å². The number of carboxylic acids is 1. The van der Waals surface area contributed by atoms with Crippen LogP contribution >= 0.6 is 23.4 Å². The number of ether oxygens (including phenoxy) is 2. The first-order valence-corrected chi connectivity index (χ1v) is 11.0. The van der Waals surface area contributed by atoms with Crippen molar-refractivity contribution in [3.05, 3.63) is 28.8 Å². The van der Waals surface area contributed by atoms with Gasteiger partial charge in [-0.2, -0.15) is 0 Å². The second-order valence-corrected chi connectivity index (χ2v) is 9.71. The van der Waals surface area contributed by atoms with E-state index in [1.165, 1.54) is 6.42 Å². The lowest BCUT2D eigenvalue weighted by atomic mass is 9.94. The Bertz CT molecular complexity index is 652. The van der Waals surface area contributed by atoms with Gasteiger partial charge < -0.3 is 14.6 Å². The van der Waals surface area contributed by atoms with Gasteiger partial charge in [-0.1, -0.05) is 38.4 Å². The molecule has 2 fully saturated rings. The Morgan fingerprint density at radius 1 is 1.33 bits per heavy atom. The van der Waals surface area contributed by atoms with Gasteiger partial charge in [-0.25, -0.2) is 0 Å². The number of rotatable bonds is 3. The fraction of sp³-hybridized carbons (Fsp3) is 0.667. The molecule has 2 unspecified atom stereocenters. The zero-order valence-electron chi connectivity index (χ0n) is 16.9. The van der Waals surface area contributed by atoms with Gasteiger partial charge in [-0.3, -0.25) is 4.79 Å². The third kappa shape index (κ3) is 6.11. The minimum absolute atomic E-state index is 0.199. The summed E-state index contributed by atoms with van der Waals surface area (Å²) >= 11 is 7.51. The van der Waals surface area contributed by atoms with Crippen molar-refractivity contribution in [3.8, 4) is 0 Å². The first-order chi connectivity index (χ1) is 12.6. The molecule has 0 aromatic heterocycles. The molecule has 0 radical (unpaired) electrons. The molecular weight excluding hydrogens is 384 g/mol. The van der Waals surface area contributed by atoms with E-state index >= 15 is 0 Å². The van der Waals surface area contributed by atoms with E-state index in [1.807, 2.05) is 12.3 Å². The smallest absolute Gasteiger partial charge is 0.310 e. The van der Waals surface area contributed by atoms with Crippen LogP contribution in [0.1, 0.15) is 58.4 Å². The van der Waals surface area contributed by atoms with Crippen molar-refractivity contribution in [2.24, 2.45) is 11.3 Å². The summed E-state index contributed by atoms with van der Waals surface area (Å²) in [6.45, 7) is 10.0. The molecule has 27 heavy (non-hydrogen) atoms. The molecule has 1 saturated heterocycles. The van der Waals surface area contributed by atoms with E-state index in [4.69, 9.17) is 26.2 Å². The van der Waals surface area contributed by atoms with E-state index < -0.39 is 11.9 Å². The Hall–Kier alpha value is -0.750. The topological polar surface area (TPSA) is 55.8 Å². The fourth-order valence-electron chi connectivity index (χ4n) is 3.30. The van der Waals surface area contributed by atoms with Crippen molar-refractivity contribution >= 4 is 29.3 Å². The predicted octanol–water partition coefficient (Wildman–Crippen LogP) is 5.83. The largest absolute Gasteiger partial charge is 0.481 e. The van der Waals surface area contributed by atoms with Gasteiger partial charge in [0, 0.05) is 23.2 Å². The van der Waals surface area contributed by atoms with Crippen molar-refractivity contribution in [3.63, 3.8) is 0 Å². The molecule has 1 heterocycles. The number of benzene rings is 1. The lowest BCUT2D eigenvalue weighted by Crippen LogP contribution is -2.45. The number of hydrogen-bond donors (Lipinski definition) is 1. The quantitative estimate of drug-likeness (QED) is 0.631. The zero-order valence-corrected chi connectivity index (χ0v) is 18.5. The Balaban J connectivity index is 0.000000194. The van der Waals surface area contributed by atoms with Crippen LogP contribution in [0.15, 0.2) is 23.1 Å². The molecule has 1 aliphatic heterocycles. The summed E-state index contributed by atoms with van der Waals surface area (Å²) in [5.41, 5.74) is 0.942. The van der Waals surface area contributed by atoms with Gasteiger partial charge in [0.2, 0.25) is 0 Å². The number of carboxylic acid groups (broad SMARTS) is 1. The Morgan fingerprint density at radius 3 is 2.41 bits per heavy atom. The van der Waals surface area contributed by atoms with Gasteiger partial charge in [0.05, 0.1) is 24.2 Å². The van der Waals surface area contributed by atoms with Crippen molar-refractivity contribution in [1.29, 1.82) is 0 Å². The third-order valence-corrected chi connectivity index (χ3v) is 6.40. The lowest BCUT2D eigenvalue weighted by Gasteiger charge is -2.41. The lowest BCUT2D eigenvalue weighted by molar-refractivity contribution is -0.295. The monoisotopic (exact) mass is 414 g/mol. The van der Waals surface area contributed by atoms with Crippen LogP contribution in [-0.2, 0) is 14.3 Å². The predicted molar refractivity (Wildman–Crippen MR) is 111 cm³/mol. The molecule has 4 nitrogen and oxygen atoms in total. The summed E-state index contributed by atoms with van der Waals surface area (Å²) in [5, 5.41) is 9.42. The second kappa shape index (κ2) is 9.17. The molecule has 152 valence electrons. The van der Waals surface area contributed by atoms with Crippen LogP contribution in [0.25, 0.3) is 0 Å². The van der Waals surface area contributed by atoms with Crippen LogP contribution in [0.2, 0.25) is 5.02 Å². The molecule has 0 amide bonds. The highest BCUT2D eigenvalue weighted by Crippen LogP contribution is 2.42. The average molecular weight is 415 g/mol. The third-order valence-electron chi connectivity index (χ3n) is 5.18. The van der Waals surface area contributed by atoms with Crippen molar-refractivity contribution in [2.75, 3.05) is 19.5 Å². The SMILES string of the molecule is CC1CCC2(C1)OCC(C)(C)CO2.CSc1ccc(C(C)C(=O)O)cc1Cl. The minimum atomic E-state index is -0.835. The minimum Gasteiger partial charge on any atom is -0.481 e. The van der Waals surface area contributed by atoms with Gasteiger partial charge in [0.15, 0.2) is 5.79 Å². The molecule has 1 spiro atoms. The summed E-state index contributed by atoms with van der Waals surface area (Å²) in [7, 11) is 0. The Labute approximate surface area is 172 Å². The number of halogens is 1. The highest BCUT2D eigenvalue weighted by atomic mass is 35.5. The van der Waals surface area contributed by atoms with Crippen molar-refractivity contribution < 1.29 is 19.4 Å². The summed E-state index contributed by atoms with van der Waals surface area (Å²) in [4.78, 5) is 11.7. The summed E-state index contributed by atoms with van der Waals surface area (Å²) < 4.78 is 11.8. The number of thioether (sulfide) groups is 1. The Morgan fingerprint density at radius 2 is 1.96 bits per heavy atom. The molecule has 0 bridgehead atoms. The molecule has 2 aliphatic rings. The molecular formula is C21H31ClO4S. The van der Waals surface area contributed by atoms with E-state index in [0.717, 1.165) is 42.4 Å². The number of aliphatic carboxylic acids is 1. The highest BCUT2D eigenvalue weighted by Gasteiger charge is 2.44. The van der Waals surface area contributed by atoms with E-state index in [-0.39, 0.29) is 11.2 Å². The van der Waals surface area contributed by atoms with Gasteiger partial charge in [-0.15, -0.1) is 11.8 Å². The van der Waals surface area contributed by atoms with E-state index in [1.54, 1.807) is 30.8 Å². The normalized spacial score (nSPS) is 24.1. The standard InChI is InChI=1S/C11H20O2.C10H11ClO2S/c1-9-4-5-11(6-9)12-7-10(2,3)8-13-11;1-6(10(12)13)7-3-4-9(14-2)8(11)5-7/h9H,4-8H2,1-3H3;3-6H,1-2H3,(H,12,13). The van der Waals surface area contributed by atoms with Crippen LogP contribution < -0.4 is 0 Å². The van der Waals surface area contributed by atoms with Crippen LogP contribution in [0, 0.1) is 11.3 Å². The molecule has 3 rings (SSSR count). The van der Waals surface area contributed by atoms with E-state index in [9.17, 15) is 4.79 Å². The van der Waals surface area contributed by atoms with Crippen molar-refractivity contribution in [2.45, 2.75) is 63.6 Å². The van der Waals surface area contributed by atoms with Crippen LogP contribution in [0.3, 0.4) is 0 Å². The summed E-state index contributed by atoms with van der Waals surface area (Å²) in [5.74, 6) is -0.780. The molecule has 2 atom stereocenters. The summed E-state index contributed by atoms with van der Waals surface area (Å²) in [6, 6.07) is 5.37. The van der Waals surface area contributed by atoms with E-state index in [2.05, 4.69) is 20.8 Å². The summed E-state index contributed by atoms with van der Waals surface area (Å²) in [6.07, 6.45) is 5.36. The van der Waals surface area contributed by atoms with Gasteiger partial charge in [-0.05, 0) is 43.2 Å². The van der Waals surface area contributed by atoms with E-state index in [0.29, 0.717) is 5.02 Å². The molecule has 1 aliphatic carbocycles. The first-order valence-electron chi connectivity index (χ1n) is 9.42. The number of carbonyl (C=O) groups is 1. The average Bonchev–Trinajstić information content (AvgIpc) is 2.99. The van der Waals surface area contributed by atoms with Gasteiger partial charge in [0.1, 0.15) is 0 Å². The number of hydrogen-bond acceptors (Lipinski definition) is 4. The second-order valence-electron chi connectivity index (χ2n) is 8.45. The molecule has 6 heteroatoms. The van der Waals surface area contributed by atoms with Crippen LogP contribution in [-0.4, -0.2) is 36.3 Å². The molecule has 1 aromatic rings. The maximum absolute atomic E-state index is 10.7. The molecule has 1 aromatic carbocycles. The molecule has 1 saturated carbocycles. The zero-order chi connectivity index (χ0) is 20.2.